The maximum Gasteiger partial charge on any atom is 0.264 e. The summed E-state index contributed by atoms with van der Waals surface area (Å²) in [6, 6.07) is 21.6. The lowest BCUT2D eigenvalue weighted by atomic mass is 10.1. The molecule has 178 valence electrons. The first kappa shape index (κ1) is 25.0. The van der Waals surface area contributed by atoms with Crippen LogP contribution in [-0.4, -0.2) is 32.8 Å². The SMILES string of the molecule is CC[C@@H](C)NC(=O)c1ccccc1NC(=O)CN(c1ccccc1C)S(=O)(=O)c1ccccc1. The van der Waals surface area contributed by atoms with Crippen molar-refractivity contribution in [1.82, 2.24) is 5.32 Å². The lowest BCUT2D eigenvalue weighted by Crippen LogP contribution is -2.39. The number of nitrogens with one attached hydrogen (secondary N) is 2. The van der Waals surface area contributed by atoms with Crippen LogP contribution in [0.1, 0.15) is 36.2 Å². The van der Waals surface area contributed by atoms with Crippen molar-refractivity contribution in [3.8, 4) is 0 Å². The molecule has 2 amide bonds. The highest BCUT2D eigenvalue weighted by molar-refractivity contribution is 7.92. The number of hydrogen-bond donors (Lipinski definition) is 2. The van der Waals surface area contributed by atoms with E-state index in [1.807, 2.05) is 13.8 Å². The minimum atomic E-state index is -4.02. The molecule has 7 nitrogen and oxygen atoms in total. The summed E-state index contributed by atoms with van der Waals surface area (Å²) in [6.07, 6.45) is 0.767. The van der Waals surface area contributed by atoms with Gasteiger partial charge in [0, 0.05) is 6.04 Å². The molecule has 0 fully saturated rings. The highest BCUT2D eigenvalue weighted by Crippen LogP contribution is 2.27. The van der Waals surface area contributed by atoms with Gasteiger partial charge in [-0.25, -0.2) is 8.42 Å². The fourth-order valence-corrected chi connectivity index (χ4v) is 4.88. The average Bonchev–Trinajstić information content (AvgIpc) is 2.83. The number of hydrogen-bond acceptors (Lipinski definition) is 4. The number of para-hydroxylation sites is 2. The molecule has 3 rings (SSSR count). The van der Waals surface area contributed by atoms with Crippen LogP contribution in [0, 0.1) is 6.92 Å². The van der Waals surface area contributed by atoms with E-state index in [1.54, 1.807) is 73.7 Å². The summed E-state index contributed by atoms with van der Waals surface area (Å²) >= 11 is 0. The lowest BCUT2D eigenvalue weighted by molar-refractivity contribution is -0.114. The standard InChI is InChI=1S/C26H29N3O4S/c1-4-20(3)27-26(31)22-15-9-10-16-23(22)28-25(30)18-29(24-17-11-8-12-19(24)2)34(32,33)21-13-6-5-7-14-21/h5-17,20H,4,18H2,1-3H3,(H,27,31)(H,28,30)/t20-/m1/s1. The Bertz CT molecular complexity index is 1260. The van der Waals surface area contributed by atoms with Gasteiger partial charge in [0.1, 0.15) is 6.54 Å². The van der Waals surface area contributed by atoms with Gasteiger partial charge in [0.2, 0.25) is 5.91 Å². The normalized spacial score (nSPS) is 12.0. The van der Waals surface area contributed by atoms with Crippen LogP contribution in [0.5, 0.6) is 0 Å². The number of carbonyl (C=O) groups excluding carboxylic acids is 2. The van der Waals surface area contributed by atoms with Gasteiger partial charge in [-0.2, -0.15) is 0 Å². The molecule has 0 aromatic heterocycles. The van der Waals surface area contributed by atoms with E-state index in [-0.39, 0.29) is 16.8 Å². The third kappa shape index (κ3) is 5.82. The van der Waals surface area contributed by atoms with Crippen LogP contribution in [-0.2, 0) is 14.8 Å². The van der Waals surface area contributed by atoms with Crippen LogP contribution in [0.3, 0.4) is 0 Å². The van der Waals surface area contributed by atoms with Gasteiger partial charge in [-0.15, -0.1) is 0 Å². The number of anilines is 2. The van der Waals surface area contributed by atoms with Gasteiger partial charge in [0.05, 0.1) is 21.8 Å². The van der Waals surface area contributed by atoms with Crippen molar-refractivity contribution in [2.45, 2.75) is 38.1 Å². The van der Waals surface area contributed by atoms with E-state index in [0.29, 0.717) is 22.5 Å². The molecule has 0 heterocycles. The Kier molecular flexibility index (Phi) is 8.07. The van der Waals surface area contributed by atoms with Crippen molar-refractivity contribution in [3.05, 3.63) is 90.0 Å². The molecule has 0 unspecified atom stereocenters. The molecule has 34 heavy (non-hydrogen) atoms. The Labute approximate surface area is 200 Å². The molecule has 1 atom stereocenters. The Balaban J connectivity index is 1.91. The van der Waals surface area contributed by atoms with Crippen LogP contribution >= 0.6 is 0 Å². The van der Waals surface area contributed by atoms with Crippen molar-refractivity contribution >= 4 is 33.2 Å². The number of rotatable bonds is 9. The molecule has 0 aliphatic heterocycles. The molecular weight excluding hydrogens is 450 g/mol. The summed E-state index contributed by atoms with van der Waals surface area (Å²) in [4.78, 5) is 25.9. The predicted molar refractivity (Wildman–Crippen MR) is 134 cm³/mol. The zero-order chi connectivity index (χ0) is 24.7. The van der Waals surface area contributed by atoms with Crippen molar-refractivity contribution in [3.63, 3.8) is 0 Å². The summed E-state index contributed by atoms with van der Waals surface area (Å²) in [5.74, 6) is -0.871. The quantitative estimate of drug-likeness (QED) is 0.477. The van der Waals surface area contributed by atoms with Crippen LogP contribution in [0.25, 0.3) is 0 Å². The van der Waals surface area contributed by atoms with Gasteiger partial charge >= 0.3 is 0 Å². The van der Waals surface area contributed by atoms with Crippen molar-refractivity contribution in [2.75, 3.05) is 16.2 Å². The summed E-state index contributed by atoms with van der Waals surface area (Å²) < 4.78 is 28.1. The van der Waals surface area contributed by atoms with E-state index < -0.39 is 22.5 Å². The summed E-state index contributed by atoms with van der Waals surface area (Å²) in [5.41, 5.74) is 1.74. The van der Waals surface area contributed by atoms with E-state index in [0.717, 1.165) is 10.7 Å². The topological polar surface area (TPSA) is 95.6 Å². The van der Waals surface area contributed by atoms with Gasteiger partial charge in [-0.1, -0.05) is 55.5 Å². The first-order valence-electron chi connectivity index (χ1n) is 11.1. The first-order valence-corrected chi connectivity index (χ1v) is 12.5. The van der Waals surface area contributed by atoms with Crippen molar-refractivity contribution in [2.24, 2.45) is 0 Å². The molecule has 0 bridgehead atoms. The summed E-state index contributed by atoms with van der Waals surface area (Å²) in [5, 5.41) is 5.60. The van der Waals surface area contributed by atoms with Crippen LogP contribution < -0.4 is 14.9 Å². The van der Waals surface area contributed by atoms with Crippen molar-refractivity contribution in [1.29, 1.82) is 0 Å². The maximum absolute atomic E-state index is 13.5. The van der Waals surface area contributed by atoms with Gasteiger partial charge in [-0.3, -0.25) is 13.9 Å². The van der Waals surface area contributed by atoms with E-state index in [2.05, 4.69) is 10.6 Å². The molecule has 0 radical (unpaired) electrons. The van der Waals surface area contributed by atoms with Gasteiger partial charge < -0.3 is 10.6 Å². The molecule has 0 saturated heterocycles. The van der Waals surface area contributed by atoms with Crippen molar-refractivity contribution < 1.29 is 18.0 Å². The fraction of sp³-hybridized carbons (Fsp3) is 0.231. The first-order chi connectivity index (χ1) is 16.2. The van der Waals surface area contributed by atoms with E-state index in [9.17, 15) is 18.0 Å². The Morgan fingerprint density at radius 1 is 0.912 bits per heavy atom. The highest BCUT2D eigenvalue weighted by Gasteiger charge is 2.28. The molecule has 3 aromatic rings. The Morgan fingerprint density at radius 2 is 1.53 bits per heavy atom. The number of sulfonamides is 1. The number of benzene rings is 3. The predicted octanol–water partition coefficient (Wildman–Crippen LogP) is 4.36. The third-order valence-corrected chi connectivity index (χ3v) is 7.21. The molecule has 3 aromatic carbocycles. The lowest BCUT2D eigenvalue weighted by Gasteiger charge is -2.25. The minimum Gasteiger partial charge on any atom is -0.350 e. The number of carbonyl (C=O) groups is 2. The number of amides is 2. The second-order valence-electron chi connectivity index (χ2n) is 7.99. The van der Waals surface area contributed by atoms with Gasteiger partial charge in [0.25, 0.3) is 15.9 Å². The van der Waals surface area contributed by atoms with Crippen LogP contribution in [0.15, 0.2) is 83.8 Å². The molecule has 0 spiro atoms. The highest BCUT2D eigenvalue weighted by atomic mass is 32.2. The second-order valence-corrected chi connectivity index (χ2v) is 9.85. The van der Waals surface area contributed by atoms with E-state index in [4.69, 9.17) is 0 Å². The maximum atomic E-state index is 13.5. The minimum absolute atomic E-state index is 0.0242. The zero-order valence-electron chi connectivity index (χ0n) is 19.5. The largest absolute Gasteiger partial charge is 0.350 e. The molecule has 0 aliphatic carbocycles. The van der Waals surface area contributed by atoms with E-state index >= 15 is 0 Å². The Hall–Kier alpha value is -3.65. The van der Waals surface area contributed by atoms with Crippen LogP contribution in [0.2, 0.25) is 0 Å². The average molecular weight is 480 g/mol. The van der Waals surface area contributed by atoms with E-state index in [1.165, 1.54) is 12.1 Å². The Morgan fingerprint density at radius 3 is 2.21 bits per heavy atom. The van der Waals surface area contributed by atoms with Crippen LogP contribution in [0.4, 0.5) is 11.4 Å². The molecular formula is C26H29N3O4S. The molecule has 0 saturated carbocycles. The second kappa shape index (κ2) is 11.0. The monoisotopic (exact) mass is 479 g/mol. The van der Waals surface area contributed by atoms with Gasteiger partial charge in [0.15, 0.2) is 0 Å². The zero-order valence-corrected chi connectivity index (χ0v) is 20.3. The summed E-state index contributed by atoms with van der Waals surface area (Å²) in [6.45, 7) is 5.19. The summed E-state index contributed by atoms with van der Waals surface area (Å²) in [7, 11) is -4.02. The molecule has 8 heteroatoms. The third-order valence-electron chi connectivity index (χ3n) is 5.44. The molecule has 2 N–H and O–H groups in total. The fourth-order valence-electron chi connectivity index (χ4n) is 3.38. The number of nitrogens with zero attached hydrogens (tertiary/aromatic N) is 1. The number of aryl methyl sites for hydroxylation is 1. The smallest absolute Gasteiger partial charge is 0.264 e. The van der Waals surface area contributed by atoms with Gasteiger partial charge in [-0.05, 0) is 56.2 Å². The molecule has 0 aliphatic rings.